The van der Waals surface area contributed by atoms with E-state index in [0.717, 1.165) is 4.90 Å². The van der Waals surface area contributed by atoms with Crippen LogP contribution in [0.25, 0.3) is 0 Å². The molecule has 3 rings (SSSR count). The van der Waals surface area contributed by atoms with E-state index in [0.29, 0.717) is 5.69 Å². The zero-order valence-electron chi connectivity index (χ0n) is 16.2. The van der Waals surface area contributed by atoms with Crippen molar-refractivity contribution in [3.8, 4) is 0 Å². The third-order valence-electron chi connectivity index (χ3n) is 4.92. The van der Waals surface area contributed by atoms with Gasteiger partial charge < -0.3 is 10.2 Å². The summed E-state index contributed by atoms with van der Waals surface area (Å²) in [5.74, 6) is -1.87. The summed E-state index contributed by atoms with van der Waals surface area (Å²) >= 11 is 0. The number of nitrogens with zero attached hydrogens (tertiary/aromatic N) is 2. The maximum absolute atomic E-state index is 13.1. The molecule has 1 heterocycles. The lowest BCUT2D eigenvalue weighted by Crippen LogP contribution is -2.47. The highest BCUT2D eigenvalue weighted by atomic mass is 16.2. The van der Waals surface area contributed by atoms with Crippen molar-refractivity contribution in [3.05, 3.63) is 29.3 Å². The molecule has 1 atom stereocenters. The van der Waals surface area contributed by atoms with E-state index < -0.39 is 23.6 Å². The lowest BCUT2D eigenvalue weighted by molar-refractivity contribution is -0.132. The Labute approximate surface area is 162 Å². The average Bonchev–Trinajstić information content (AvgIpc) is 2.86. The van der Waals surface area contributed by atoms with Crippen LogP contribution >= 0.6 is 0 Å². The van der Waals surface area contributed by atoms with E-state index in [2.05, 4.69) is 5.32 Å². The van der Waals surface area contributed by atoms with Crippen LogP contribution in [0.5, 0.6) is 0 Å². The van der Waals surface area contributed by atoms with Gasteiger partial charge in [0, 0.05) is 19.5 Å². The van der Waals surface area contributed by atoms with Crippen LogP contribution in [0.1, 0.15) is 53.8 Å². The van der Waals surface area contributed by atoms with Gasteiger partial charge in [-0.2, -0.15) is 0 Å². The summed E-state index contributed by atoms with van der Waals surface area (Å²) in [6.07, 6.45) is 0.0806. The van der Waals surface area contributed by atoms with Crippen molar-refractivity contribution in [2.75, 3.05) is 18.5 Å². The van der Waals surface area contributed by atoms with Crippen LogP contribution in [0.4, 0.5) is 5.69 Å². The summed E-state index contributed by atoms with van der Waals surface area (Å²) in [7, 11) is 1.67. The van der Waals surface area contributed by atoms with E-state index in [4.69, 9.17) is 0 Å². The van der Waals surface area contributed by atoms with E-state index >= 15 is 0 Å². The Morgan fingerprint density at radius 1 is 1.21 bits per heavy atom. The Kier molecular flexibility index (Phi) is 5.31. The molecule has 2 aliphatic rings. The molecule has 3 amide bonds. The number of likely N-dealkylation sites (N-methyl/N-ethyl adjacent to an activating group) is 1. The van der Waals surface area contributed by atoms with Crippen molar-refractivity contribution < 1.29 is 24.0 Å². The number of carbonyl (C=O) groups is 5. The van der Waals surface area contributed by atoms with Crippen molar-refractivity contribution in [3.63, 3.8) is 0 Å². The number of Topliss-reactive ketones (excluding diaryl/α,β-unsaturated/α-hetero) is 2. The molecular weight excluding hydrogens is 362 g/mol. The number of carbonyl (C=O) groups excluding carboxylic acids is 5. The predicted molar refractivity (Wildman–Crippen MR) is 101 cm³/mol. The maximum atomic E-state index is 13.1. The molecule has 0 aromatic heterocycles. The van der Waals surface area contributed by atoms with Gasteiger partial charge in [-0.25, -0.2) is 0 Å². The monoisotopic (exact) mass is 385 g/mol. The Morgan fingerprint density at radius 3 is 2.57 bits per heavy atom. The fourth-order valence-corrected chi connectivity index (χ4v) is 3.69. The number of hydrogen-bond acceptors (Lipinski definition) is 6. The fraction of sp³-hybridized carbons (Fsp3) is 0.450. The zero-order valence-corrected chi connectivity index (χ0v) is 16.2. The van der Waals surface area contributed by atoms with Gasteiger partial charge in [0.15, 0.2) is 5.78 Å². The molecule has 148 valence electrons. The molecule has 28 heavy (non-hydrogen) atoms. The second kappa shape index (κ2) is 7.53. The van der Waals surface area contributed by atoms with Gasteiger partial charge in [0.2, 0.25) is 5.91 Å². The fourth-order valence-electron chi connectivity index (χ4n) is 3.69. The van der Waals surface area contributed by atoms with E-state index in [1.54, 1.807) is 30.1 Å². The summed E-state index contributed by atoms with van der Waals surface area (Å²) in [6.45, 7) is 3.72. The van der Waals surface area contributed by atoms with Gasteiger partial charge in [-0.1, -0.05) is 6.07 Å². The van der Waals surface area contributed by atoms with Crippen LogP contribution in [0, 0.1) is 0 Å². The minimum atomic E-state index is -0.910. The molecule has 1 aromatic carbocycles. The average molecular weight is 385 g/mol. The molecule has 0 spiro atoms. The first-order chi connectivity index (χ1) is 13.2. The predicted octanol–water partition coefficient (Wildman–Crippen LogP) is 0.934. The normalized spacial score (nSPS) is 19.3. The lowest BCUT2D eigenvalue weighted by atomic mass is 9.92. The van der Waals surface area contributed by atoms with E-state index in [1.165, 1.54) is 0 Å². The zero-order chi connectivity index (χ0) is 20.6. The van der Waals surface area contributed by atoms with Gasteiger partial charge >= 0.3 is 0 Å². The molecule has 0 saturated heterocycles. The summed E-state index contributed by atoms with van der Waals surface area (Å²) in [4.78, 5) is 64.3. The van der Waals surface area contributed by atoms with E-state index in [1.807, 2.05) is 13.8 Å². The largest absolute Gasteiger partial charge is 0.365 e. The standard InChI is InChI=1S/C20H23N3O5/c1-11(2)21-17(26)10-22(3)15-6-4-5-13-18(15)20(28)23(19(13)27)14-8-7-12(24)9-16(14)25/h4-6,11,14H,7-10H2,1-3H3,(H,21,26). The number of nitrogens with one attached hydrogen (secondary N) is 1. The molecule has 1 aromatic rings. The van der Waals surface area contributed by atoms with E-state index in [-0.39, 0.29) is 54.7 Å². The highest BCUT2D eigenvalue weighted by Crippen LogP contribution is 2.34. The Morgan fingerprint density at radius 2 is 1.93 bits per heavy atom. The number of hydrogen-bond donors (Lipinski definition) is 1. The van der Waals surface area contributed by atoms with Crippen LogP contribution in [0.2, 0.25) is 0 Å². The molecule has 8 nitrogen and oxygen atoms in total. The summed E-state index contributed by atoms with van der Waals surface area (Å²) in [5.41, 5.74) is 0.858. The Hall–Kier alpha value is -3.03. The third-order valence-corrected chi connectivity index (χ3v) is 4.92. The minimum absolute atomic E-state index is 0.0129. The third kappa shape index (κ3) is 3.54. The highest BCUT2D eigenvalue weighted by molar-refractivity contribution is 6.25. The number of rotatable bonds is 5. The van der Waals surface area contributed by atoms with Crippen molar-refractivity contribution in [2.24, 2.45) is 0 Å². The summed E-state index contributed by atoms with van der Waals surface area (Å²) in [5, 5.41) is 2.78. The molecule has 1 aliphatic carbocycles. The number of imide groups is 1. The molecule has 8 heteroatoms. The van der Waals surface area contributed by atoms with Gasteiger partial charge in [0.1, 0.15) is 5.78 Å². The Bertz CT molecular complexity index is 877. The quantitative estimate of drug-likeness (QED) is 0.597. The van der Waals surface area contributed by atoms with Crippen molar-refractivity contribution in [1.29, 1.82) is 0 Å². The number of benzene rings is 1. The smallest absolute Gasteiger partial charge is 0.264 e. The number of amides is 3. The van der Waals surface area contributed by atoms with Gasteiger partial charge in [-0.05, 0) is 32.4 Å². The van der Waals surface area contributed by atoms with Crippen LogP contribution < -0.4 is 10.2 Å². The van der Waals surface area contributed by atoms with Gasteiger partial charge in [0.05, 0.1) is 35.8 Å². The van der Waals surface area contributed by atoms with Gasteiger partial charge in [-0.3, -0.25) is 28.9 Å². The second-order valence-corrected chi connectivity index (χ2v) is 7.49. The molecule has 1 aliphatic heterocycles. The van der Waals surface area contributed by atoms with Gasteiger partial charge in [0.25, 0.3) is 11.8 Å². The molecule has 1 N–H and O–H groups in total. The van der Waals surface area contributed by atoms with Crippen LogP contribution in [0.15, 0.2) is 18.2 Å². The second-order valence-electron chi connectivity index (χ2n) is 7.49. The van der Waals surface area contributed by atoms with E-state index in [9.17, 15) is 24.0 Å². The van der Waals surface area contributed by atoms with Gasteiger partial charge in [-0.15, -0.1) is 0 Å². The SMILES string of the molecule is CC(C)NC(=O)CN(C)c1cccc2c1C(=O)N(C1CCC(=O)CC1=O)C2=O. The molecule has 1 unspecified atom stereocenters. The topological polar surface area (TPSA) is 104 Å². The molecule has 0 bridgehead atoms. The molecule has 1 saturated carbocycles. The summed E-state index contributed by atoms with van der Waals surface area (Å²) in [6, 6.07) is 3.93. The number of fused-ring (bicyclic) bond motifs is 1. The number of anilines is 1. The Balaban J connectivity index is 1.89. The first-order valence-corrected chi connectivity index (χ1v) is 9.26. The maximum Gasteiger partial charge on any atom is 0.264 e. The number of ketones is 2. The van der Waals surface area contributed by atoms with Crippen LogP contribution in [0.3, 0.4) is 0 Å². The first-order valence-electron chi connectivity index (χ1n) is 9.26. The molecule has 0 radical (unpaired) electrons. The molecular formula is C20H23N3O5. The summed E-state index contributed by atoms with van der Waals surface area (Å²) < 4.78 is 0. The van der Waals surface area contributed by atoms with Crippen molar-refractivity contribution >= 4 is 35.0 Å². The highest BCUT2D eigenvalue weighted by Gasteiger charge is 2.45. The van der Waals surface area contributed by atoms with Crippen molar-refractivity contribution in [2.45, 2.75) is 45.2 Å². The minimum Gasteiger partial charge on any atom is -0.365 e. The lowest BCUT2D eigenvalue weighted by Gasteiger charge is -2.27. The molecule has 1 fully saturated rings. The first kappa shape index (κ1) is 19.7. The van der Waals surface area contributed by atoms with Crippen LogP contribution in [-0.2, 0) is 14.4 Å². The van der Waals surface area contributed by atoms with Crippen LogP contribution in [-0.4, -0.2) is 59.9 Å². The van der Waals surface area contributed by atoms with Crippen molar-refractivity contribution in [1.82, 2.24) is 10.2 Å².